The Morgan fingerprint density at radius 2 is 2.16 bits per heavy atom. The first kappa shape index (κ1) is 21.0. The molecular formula is C21H22FN5O3S. The minimum atomic E-state index is -0.488. The molecule has 1 saturated heterocycles. The number of nitrogens with zero attached hydrogens (tertiary/aromatic N) is 3. The highest BCUT2D eigenvalue weighted by atomic mass is 32.2. The summed E-state index contributed by atoms with van der Waals surface area (Å²) in [4.78, 5) is 20.0. The van der Waals surface area contributed by atoms with E-state index >= 15 is 0 Å². The number of alkyl carbamates (subject to hydrolysis) is 1. The Balaban J connectivity index is 1.64. The summed E-state index contributed by atoms with van der Waals surface area (Å²) in [6.45, 7) is 2.42. The maximum Gasteiger partial charge on any atom is 0.407 e. The normalized spacial score (nSPS) is 15.6. The van der Waals surface area contributed by atoms with Crippen molar-refractivity contribution in [1.82, 2.24) is 15.3 Å². The van der Waals surface area contributed by atoms with E-state index in [1.165, 1.54) is 18.5 Å². The molecule has 8 nitrogen and oxygen atoms in total. The van der Waals surface area contributed by atoms with Crippen molar-refractivity contribution in [3.63, 3.8) is 0 Å². The zero-order chi connectivity index (χ0) is 22.0. The second-order valence-corrected chi connectivity index (χ2v) is 8.96. The first-order valence-corrected chi connectivity index (χ1v) is 11.6. The SMILES string of the molecule is Cc1cc(N=S(C)C)cc2ncnc(Nc3ccc(F)cc3OC[C@H]3CNC(=O)O3)c12. The quantitative estimate of drug-likeness (QED) is 0.598. The van der Waals surface area contributed by atoms with Gasteiger partial charge in [-0.15, -0.1) is 10.7 Å². The third kappa shape index (κ3) is 4.91. The number of hydrogen-bond donors (Lipinski definition) is 2. The Hall–Kier alpha value is -3.27. The van der Waals surface area contributed by atoms with Crippen LogP contribution in [-0.2, 0) is 15.4 Å². The third-order valence-electron chi connectivity index (χ3n) is 4.58. The van der Waals surface area contributed by atoms with Gasteiger partial charge in [0.2, 0.25) is 0 Å². The summed E-state index contributed by atoms with van der Waals surface area (Å²) in [7, 11) is -0.0877. The van der Waals surface area contributed by atoms with Gasteiger partial charge in [-0.25, -0.2) is 23.5 Å². The van der Waals surface area contributed by atoms with Crippen molar-refractivity contribution in [2.45, 2.75) is 13.0 Å². The summed E-state index contributed by atoms with van der Waals surface area (Å²) in [6.07, 6.45) is 4.64. The molecule has 1 fully saturated rings. The molecule has 1 aliphatic rings. The van der Waals surface area contributed by atoms with Gasteiger partial charge < -0.3 is 20.1 Å². The van der Waals surface area contributed by atoms with Crippen molar-refractivity contribution < 1.29 is 18.7 Å². The van der Waals surface area contributed by atoms with E-state index in [1.54, 1.807) is 6.07 Å². The minimum Gasteiger partial charge on any atom is -0.487 e. The number of carbonyl (C=O) groups excluding carboxylic acids is 1. The van der Waals surface area contributed by atoms with Crippen LogP contribution in [0.1, 0.15) is 5.56 Å². The van der Waals surface area contributed by atoms with Gasteiger partial charge in [0.25, 0.3) is 0 Å². The average molecular weight is 444 g/mol. The Morgan fingerprint density at radius 3 is 2.90 bits per heavy atom. The molecule has 162 valence electrons. The van der Waals surface area contributed by atoms with Crippen LogP contribution < -0.4 is 15.4 Å². The number of aryl methyl sites for hydroxylation is 1. The molecule has 4 rings (SSSR count). The molecule has 0 bridgehead atoms. The fourth-order valence-electron chi connectivity index (χ4n) is 3.29. The van der Waals surface area contributed by atoms with Gasteiger partial charge in [-0.3, -0.25) is 0 Å². The summed E-state index contributed by atoms with van der Waals surface area (Å²) in [5.41, 5.74) is 3.14. The van der Waals surface area contributed by atoms with E-state index in [0.29, 0.717) is 23.8 Å². The number of rotatable bonds is 6. The second-order valence-electron chi connectivity index (χ2n) is 7.23. The van der Waals surface area contributed by atoms with Crippen LogP contribution in [0.15, 0.2) is 41.0 Å². The summed E-state index contributed by atoms with van der Waals surface area (Å²) >= 11 is 0. The van der Waals surface area contributed by atoms with Gasteiger partial charge in [0.1, 0.15) is 30.3 Å². The van der Waals surface area contributed by atoms with Crippen molar-refractivity contribution >= 4 is 44.9 Å². The molecule has 0 saturated carbocycles. The molecule has 1 aromatic heterocycles. The number of halogens is 1. The van der Waals surface area contributed by atoms with Gasteiger partial charge in [-0.2, -0.15) is 0 Å². The van der Waals surface area contributed by atoms with Crippen molar-refractivity contribution in [3.8, 4) is 5.75 Å². The van der Waals surface area contributed by atoms with E-state index in [1.807, 2.05) is 31.6 Å². The molecule has 1 aliphatic heterocycles. The predicted molar refractivity (Wildman–Crippen MR) is 119 cm³/mol. The lowest BCUT2D eigenvalue weighted by Crippen LogP contribution is -2.22. The van der Waals surface area contributed by atoms with Crippen LogP contribution in [0.5, 0.6) is 5.75 Å². The van der Waals surface area contributed by atoms with Gasteiger partial charge in [0, 0.05) is 11.5 Å². The summed E-state index contributed by atoms with van der Waals surface area (Å²) in [5.74, 6) is 0.429. The standard InChI is InChI=1S/C21H22FN5O3S/c1-12-6-14(27-31(2)3)8-17-19(12)20(25-11-24-17)26-16-5-4-13(22)7-18(16)29-10-15-9-23-21(28)30-15/h4-8,11,15H,9-10H2,1-3H3,(H,23,28)(H,24,25,26)/t15-/m1/s1. The number of ether oxygens (including phenoxy) is 2. The molecule has 0 radical (unpaired) electrons. The summed E-state index contributed by atoms with van der Waals surface area (Å²) < 4.78 is 29.3. The highest BCUT2D eigenvalue weighted by Crippen LogP contribution is 2.33. The van der Waals surface area contributed by atoms with E-state index in [0.717, 1.165) is 22.2 Å². The van der Waals surface area contributed by atoms with Gasteiger partial charge in [-0.1, -0.05) is 0 Å². The highest BCUT2D eigenvalue weighted by molar-refractivity contribution is 7.85. The number of carbonyl (C=O) groups is 1. The fraction of sp³-hybridized carbons (Fsp3) is 0.286. The Morgan fingerprint density at radius 1 is 1.32 bits per heavy atom. The van der Waals surface area contributed by atoms with E-state index in [9.17, 15) is 9.18 Å². The monoisotopic (exact) mass is 443 g/mol. The first-order valence-electron chi connectivity index (χ1n) is 9.57. The molecule has 0 aliphatic carbocycles. The van der Waals surface area contributed by atoms with E-state index in [4.69, 9.17) is 9.47 Å². The Kier molecular flexibility index (Phi) is 5.99. The fourth-order valence-corrected chi connectivity index (χ4v) is 3.81. The second kappa shape index (κ2) is 8.84. The van der Waals surface area contributed by atoms with Crippen LogP contribution in [-0.4, -0.2) is 47.8 Å². The number of fused-ring (bicyclic) bond motifs is 1. The van der Waals surface area contributed by atoms with E-state index in [-0.39, 0.29) is 17.3 Å². The minimum absolute atomic E-state index is 0.0877. The molecule has 2 heterocycles. The Labute approximate surface area is 181 Å². The number of nitrogens with one attached hydrogen (secondary N) is 2. The number of hydrogen-bond acceptors (Lipinski definition) is 7. The van der Waals surface area contributed by atoms with Crippen molar-refractivity contribution in [2.75, 3.05) is 31.0 Å². The summed E-state index contributed by atoms with van der Waals surface area (Å²) in [6, 6.07) is 8.11. The van der Waals surface area contributed by atoms with Crippen molar-refractivity contribution in [3.05, 3.63) is 48.0 Å². The van der Waals surface area contributed by atoms with E-state index in [2.05, 4.69) is 25.0 Å². The van der Waals surface area contributed by atoms with E-state index < -0.39 is 18.0 Å². The number of cyclic esters (lactones) is 1. The van der Waals surface area contributed by atoms with Gasteiger partial charge in [0.15, 0.2) is 6.10 Å². The smallest absolute Gasteiger partial charge is 0.407 e. The predicted octanol–water partition coefficient (Wildman–Crippen LogP) is 4.00. The maximum absolute atomic E-state index is 13.9. The largest absolute Gasteiger partial charge is 0.487 e. The molecule has 3 aromatic rings. The Bertz CT molecular complexity index is 1180. The molecule has 0 unspecified atom stereocenters. The molecule has 10 heteroatoms. The lowest BCUT2D eigenvalue weighted by atomic mass is 10.1. The topological polar surface area (TPSA) is 97.7 Å². The lowest BCUT2D eigenvalue weighted by Gasteiger charge is -2.16. The average Bonchev–Trinajstić information content (AvgIpc) is 3.12. The zero-order valence-electron chi connectivity index (χ0n) is 17.3. The first-order chi connectivity index (χ1) is 14.9. The number of aromatic nitrogens is 2. The summed E-state index contributed by atoms with van der Waals surface area (Å²) in [5, 5.41) is 6.64. The molecule has 1 atom stereocenters. The third-order valence-corrected chi connectivity index (χ3v) is 5.15. The number of amides is 1. The molecular weight excluding hydrogens is 421 g/mol. The van der Waals surface area contributed by atoms with Gasteiger partial charge in [0.05, 0.1) is 23.4 Å². The molecule has 2 aromatic carbocycles. The van der Waals surface area contributed by atoms with Crippen molar-refractivity contribution in [2.24, 2.45) is 4.36 Å². The van der Waals surface area contributed by atoms with Crippen LogP contribution in [0.25, 0.3) is 10.9 Å². The zero-order valence-corrected chi connectivity index (χ0v) is 18.1. The van der Waals surface area contributed by atoms with Crippen LogP contribution in [0, 0.1) is 12.7 Å². The maximum atomic E-state index is 13.9. The molecule has 1 amide bonds. The molecule has 31 heavy (non-hydrogen) atoms. The number of anilines is 2. The van der Waals surface area contributed by atoms with Crippen LogP contribution in [0.3, 0.4) is 0 Å². The van der Waals surface area contributed by atoms with Gasteiger partial charge >= 0.3 is 6.09 Å². The number of benzene rings is 2. The molecule has 0 spiro atoms. The van der Waals surface area contributed by atoms with Crippen molar-refractivity contribution in [1.29, 1.82) is 0 Å². The van der Waals surface area contributed by atoms with Crippen LogP contribution in [0.2, 0.25) is 0 Å². The van der Waals surface area contributed by atoms with Crippen LogP contribution >= 0.6 is 0 Å². The lowest BCUT2D eigenvalue weighted by molar-refractivity contribution is 0.105. The van der Waals surface area contributed by atoms with Crippen LogP contribution in [0.4, 0.5) is 26.4 Å². The molecule has 2 N–H and O–H groups in total. The van der Waals surface area contributed by atoms with Gasteiger partial charge in [-0.05, 0) is 49.3 Å². The highest BCUT2D eigenvalue weighted by Gasteiger charge is 2.23.